The molecule has 2 heteroatoms. The van der Waals surface area contributed by atoms with Crippen LogP contribution in [0.3, 0.4) is 0 Å². The lowest BCUT2D eigenvalue weighted by Gasteiger charge is -2.14. The second kappa shape index (κ2) is 4.11. The van der Waals surface area contributed by atoms with E-state index in [1.807, 2.05) is 0 Å². The maximum Gasteiger partial charge on any atom is 0.0449 e. The molecule has 76 valence electrons. The van der Waals surface area contributed by atoms with Crippen LogP contribution in [0.15, 0.2) is 18.2 Å². The number of aliphatic hydroxyl groups excluding tert-OH is 1. The van der Waals surface area contributed by atoms with Crippen molar-refractivity contribution in [2.75, 3.05) is 6.61 Å². The summed E-state index contributed by atoms with van der Waals surface area (Å²) in [6.45, 7) is 0.171. The van der Waals surface area contributed by atoms with E-state index in [9.17, 15) is 0 Å². The van der Waals surface area contributed by atoms with E-state index < -0.39 is 0 Å². The molecule has 0 fully saturated rings. The lowest BCUT2D eigenvalue weighted by Crippen LogP contribution is -2.14. The highest BCUT2D eigenvalue weighted by atomic mass is 16.3. The Morgan fingerprint density at radius 2 is 2.21 bits per heavy atom. The standard InChI is InChI=1S/C12H17NO/c13-12(7-8-14)11-6-2-4-9-3-1-5-10(9)11/h2,4,6,12,14H,1,3,5,7-8,13H2/t12-/m1/s1. The molecule has 0 spiro atoms. The van der Waals surface area contributed by atoms with Crippen molar-refractivity contribution < 1.29 is 5.11 Å². The number of benzene rings is 1. The van der Waals surface area contributed by atoms with E-state index in [1.165, 1.54) is 29.5 Å². The zero-order valence-electron chi connectivity index (χ0n) is 8.37. The van der Waals surface area contributed by atoms with Gasteiger partial charge < -0.3 is 10.8 Å². The lowest BCUT2D eigenvalue weighted by molar-refractivity contribution is 0.276. The smallest absolute Gasteiger partial charge is 0.0449 e. The first-order valence-electron chi connectivity index (χ1n) is 5.30. The predicted octanol–water partition coefficient (Wildman–Crippen LogP) is 1.56. The van der Waals surface area contributed by atoms with Crippen molar-refractivity contribution in [1.29, 1.82) is 0 Å². The molecule has 0 aromatic heterocycles. The van der Waals surface area contributed by atoms with Crippen molar-refractivity contribution in [2.45, 2.75) is 31.7 Å². The highest BCUT2D eigenvalue weighted by Gasteiger charge is 2.17. The largest absolute Gasteiger partial charge is 0.396 e. The molecule has 0 saturated heterocycles. The average molecular weight is 191 g/mol. The minimum atomic E-state index is 0.00745. The summed E-state index contributed by atoms with van der Waals surface area (Å²) in [5, 5.41) is 8.87. The van der Waals surface area contributed by atoms with Crippen molar-refractivity contribution in [3.63, 3.8) is 0 Å². The van der Waals surface area contributed by atoms with Crippen LogP contribution in [0.2, 0.25) is 0 Å². The molecule has 1 aromatic carbocycles. The first kappa shape index (κ1) is 9.69. The third kappa shape index (κ3) is 1.68. The summed E-state index contributed by atoms with van der Waals surface area (Å²) in [6, 6.07) is 6.38. The monoisotopic (exact) mass is 191 g/mol. The summed E-state index contributed by atoms with van der Waals surface area (Å²) in [4.78, 5) is 0. The molecule has 0 amide bonds. The number of rotatable bonds is 3. The first-order chi connectivity index (χ1) is 6.83. The maximum absolute atomic E-state index is 8.87. The highest BCUT2D eigenvalue weighted by molar-refractivity contribution is 5.40. The van der Waals surface area contributed by atoms with Crippen LogP contribution in [-0.2, 0) is 12.8 Å². The van der Waals surface area contributed by atoms with Gasteiger partial charge in [-0.25, -0.2) is 0 Å². The van der Waals surface area contributed by atoms with Crippen LogP contribution in [0.5, 0.6) is 0 Å². The molecule has 3 N–H and O–H groups in total. The summed E-state index contributed by atoms with van der Waals surface area (Å²) in [5.74, 6) is 0. The summed E-state index contributed by atoms with van der Waals surface area (Å²) in [7, 11) is 0. The lowest BCUT2D eigenvalue weighted by atomic mass is 9.96. The third-order valence-electron chi connectivity index (χ3n) is 3.02. The van der Waals surface area contributed by atoms with E-state index in [1.54, 1.807) is 0 Å². The van der Waals surface area contributed by atoms with E-state index in [4.69, 9.17) is 10.8 Å². The van der Waals surface area contributed by atoms with Crippen LogP contribution in [0.1, 0.15) is 35.6 Å². The van der Waals surface area contributed by atoms with Gasteiger partial charge >= 0.3 is 0 Å². The number of aryl methyl sites for hydroxylation is 1. The fraction of sp³-hybridized carbons (Fsp3) is 0.500. The van der Waals surface area contributed by atoms with E-state index in [0.29, 0.717) is 6.42 Å². The fourth-order valence-electron chi connectivity index (χ4n) is 2.29. The molecule has 0 radical (unpaired) electrons. The Bertz CT molecular complexity index is 322. The molecule has 1 aliphatic rings. The van der Waals surface area contributed by atoms with Crippen molar-refractivity contribution in [3.05, 3.63) is 34.9 Å². The van der Waals surface area contributed by atoms with Crippen LogP contribution in [0.4, 0.5) is 0 Å². The maximum atomic E-state index is 8.87. The Balaban J connectivity index is 2.29. The van der Waals surface area contributed by atoms with Crippen molar-refractivity contribution >= 4 is 0 Å². The molecule has 0 aliphatic heterocycles. The second-order valence-corrected chi connectivity index (χ2v) is 3.96. The molecule has 0 saturated carbocycles. The quantitative estimate of drug-likeness (QED) is 0.761. The van der Waals surface area contributed by atoms with Crippen LogP contribution >= 0.6 is 0 Å². The molecule has 14 heavy (non-hydrogen) atoms. The Labute approximate surface area is 84.7 Å². The van der Waals surface area contributed by atoms with E-state index in [0.717, 1.165) is 6.42 Å². The van der Waals surface area contributed by atoms with Crippen molar-refractivity contribution in [3.8, 4) is 0 Å². The van der Waals surface area contributed by atoms with Gasteiger partial charge in [0.25, 0.3) is 0 Å². The summed E-state index contributed by atoms with van der Waals surface area (Å²) >= 11 is 0. The van der Waals surface area contributed by atoms with Gasteiger partial charge in [-0.05, 0) is 42.4 Å². The van der Waals surface area contributed by atoms with Gasteiger partial charge in [0.1, 0.15) is 0 Å². The zero-order valence-corrected chi connectivity index (χ0v) is 8.37. The number of hydrogen-bond donors (Lipinski definition) is 2. The molecule has 1 atom stereocenters. The molecule has 0 unspecified atom stereocenters. The minimum absolute atomic E-state index is 0.00745. The van der Waals surface area contributed by atoms with Crippen LogP contribution in [0.25, 0.3) is 0 Å². The van der Waals surface area contributed by atoms with Gasteiger partial charge in [0, 0.05) is 12.6 Å². The first-order valence-corrected chi connectivity index (χ1v) is 5.30. The molecule has 0 bridgehead atoms. The molecular formula is C12H17NO. The van der Waals surface area contributed by atoms with Crippen molar-refractivity contribution in [2.24, 2.45) is 5.73 Å². The minimum Gasteiger partial charge on any atom is -0.396 e. The third-order valence-corrected chi connectivity index (χ3v) is 3.02. The molecule has 1 aromatic rings. The average Bonchev–Trinajstić information content (AvgIpc) is 2.65. The van der Waals surface area contributed by atoms with Crippen LogP contribution < -0.4 is 5.73 Å². The van der Waals surface area contributed by atoms with Gasteiger partial charge in [0.15, 0.2) is 0 Å². The Morgan fingerprint density at radius 1 is 1.36 bits per heavy atom. The van der Waals surface area contributed by atoms with Crippen LogP contribution in [0, 0.1) is 0 Å². The van der Waals surface area contributed by atoms with Gasteiger partial charge in [-0.3, -0.25) is 0 Å². The van der Waals surface area contributed by atoms with Crippen molar-refractivity contribution in [1.82, 2.24) is 0 Å². The Morgan fingerprint density at radius 3 is 3.00 bits per heavy atom. The van der Waals surface area contributed by atoms with Gasteiger partial charge in [0.05, 0.1) is 0 Å². The van der Waals surface area contributed by atoms with E-state index >= 15 is 0 Å². The fourth-order valence-corrected chi connectivity index (χ4v) is 2.29. The van der Waals surface area contributed by atoms with E-state index in [2.05, 4.69) is 18.2 Å². The van der Waals surface area contributed by atoms with Gasteiger partial charge in [-0.1, -0.05) is 18.2 Å². The van der Waals surface area contributed by atoms with E-state index in [-0.39, 0.29) is 12.6 Å². The summed E-state index contributed by atoms with van der Waals surface area (Å²) in [5.41, 5.74) is 10.2. The number of aliphatic hydroxyl groups is 1. The second-order valence-electron chi connectivity index (χ2n) is 3.96. The highest BCUT2D eigenvalue weighted by Crippen LogP contribution is 2.29. The molecule has 2 rings (SSSR count). The summed E-state index contributed by atoms with van der Waals surface area (Å²) in [6.07, 6.45) is 4.26. The molecule has 2 nitrogen and oxygen atoms in total. The number of nitrogens with two attached hydrogens (primary N) is 1. The molecular weight excluding hydrogens is 174 g/mol. The van der Waals surface area contributed by atoms with Gasteiger partial charge in [-0.2, -0.15) is 0 Å². The topological polar surface area (TPSA) is 46.2 Å². The SMILES string of the molecule is N[C@H](CCO)c1cccc2c1CCC2. The van der Waals surface area contributed by atoms with Crippen LogP contribution in [-0.4, -0.2) is 11.7 Å². The molecule has 1 aliphatic carbocycles. The predicted molar refractivity (Wildman–Crippen MR) is 57.1 cm³/mol. The Hall–Kier alpha value is -0.860. The molecule has 0 heterocycles. The van der Waals surface area contributed by atoms with Gasteiger partial charge in [-0.15, -0.1) is 0 Å². The number of hydrogen-bond acceptors (Lipinski definition) is 2. The zero-order chi connectivity index (χ0) is 9.97. The normalized spacial score (nSPS) is 16.7. The Kier molecular flexibility index (Phi) is 2.85. The van der Waals surface area contributed by atoms with Gasteiger partial charge in [0.2, 0.25) is 0 Å². The summed E-state index contributed by atoms with van der Waals surface area (Å²) < 4.78 is 0. The number of fused-ring (bicyclic) bond motifs is 1.